The number of aromatic nitrogens is 2. The van der Waals surface area contributed by atoms with Crippen LogP contribution in [0.15, 0.2) is 22.6 Å². The van der Waals surface area contributed by atoms with Crippen LogP contribution in [0.2, 0.25) is 0 Å². The molecule has 0 aliphatic carbocycles. The van der Waals surface area contributed by atoms with E-state index in [0.717, 1.165) is 4.88 Å². The van der Waals surface area contributed by atoms with E-state index in [1.54, 1.807) is 0 Å². The number of nitrogens with zero attached hydrogens (tertiary/aromatic N) is 3. The number of carbonyl (C=O) groups excluding carboxylic acids is 1. The third kappa shape index (κ3) is 2.66. The normalized spacial score (nSPS) is 10.9. The zero-order chi connectivity index (χ0) is 12.3. The number of amides is 1. The minimum absolute atomic E-state index is 0.105. The summed E-state index contributed by atoms with van der Waals surface area (Å²) in [5, 5.41) is 16.8. The van der Waals surface area contributed by atoms with Crippen LogP contribution in [0.5, 0.6) is 0 Å². The molecule has 2 heterocycles. The second-order valence-electron chi connectivity index (χ2n) is 3.08. The van der Waals surface area contributed by atoms with Gasteiger partial charge in [0, 0.05) is 16.2 Å². The molecule has 2 rings (SSSR count). The summed E-state index contributed by atoms with van der Waals surface area (Å²) in [6, 6.07) is 3.76. The number of thiophene rings is 1. The Labute approximate surface area is 105 Å². The lowest BCUT2D eigenvalue weighted by molar-refractivity contribution is -0.537. The van der Waals surface area contributed by atoms with Crippen molar-refractivity contribution in [3.05, 3.63) is 39.0 Å². The zero-order valence-corrected chi connectivity index (χ0v) is 10.4. The van der Waals surface area contributed by atoms with E-state index < -0.39 is 5.91 Å². The lowest BCUT2D eigenvalue weighted by Gasteiger charge is -1.95. The highest BCUT2D eigenvalue weighted by Crippen LogP contribution is 2.04. The molecule has 0 fully saturated rings. The summed E-state index contributed by atoms with van der Waals surface area (Å²) in [5.74, 6) is -0.485. The fourth-order valence-corrected chi connectivity index (χ4v) is 2.23. The molecule has 6 nitrogen and oxygen atoms in total. The predicted octanol–water partition coefficient (Wildman–Crippen LogP) is 0.910. The van der Waals surface area contributed by atoms with E-state index >= 15 is 0 Å². The molecular weight excluding hydrogens is 260 g/mol. The molecule has 1 N–H and O–H groups in total. The van der Waals surface area contributed by atoms with Crippen LogP contribution in [0.3, 0.4) is 0 Å². The van der Waals surface area contributed by atoms with Crippen LogP contribution in [0.4, 0.5) is 0 Å². The monoisotopic (exact) mass is 268 g/mol. The van der Waals surface area contributed by atoms with Gasteiger partial charge in [-0.1, -0.05) is 6.07 Å². The Morgan fingerprint density at radius 2 is 2.53 bits per heavy atom. The van der Waals surface area contributed by atoms with E-state index in [1.165, 1.54) is 24.5 Å². The van der Waals surface area contributed by atoms with Crippen molar-refractivity contribution >= 4 is 35.2 Å². The second-order valence-corrected chi connectivity index (χ2v) is 4.74. The predicted molar refractivity (Wildman–Crippen MR) is 65.2 cm³/mol. The van der Waals surface area contributed by atoms with Crippen molar-refractivity contribution in [2.75, 3.05) is 0 Å². The summed E-state index contributed by atoms with van der Waals surface area (Å²) in [5.41, 5.74) is 2.70. The molecule has 0 unspecified atom stereocenters. The Balaban J connectivity index is 2.01. The average Bonchev–Trinajstić information content (AvgIpc) is 2.91. The van der Waals surface area contributed by atoms with Gasteiger partial charge in [-0.15, -0.1) is 11.3 Å². The van der Waals surface area contributed by atoms with Crippen LogP contribution in [0.25, 0.3) is 0 Å². The van der Waals surface area contributed by atoms with Gasteiger partial charge in [0.15, 0.2) is 5.69 Å². The summed E-state index contributed by atoms with van der Waals surface area (Å²) in [6.45, 7) is 1.54. The maximum absolute atomic E-state index is 11.6. The van der Waals surface area contributed by atoms with E-state index in [-0.39, 0.29) is 11.4 Å². The molecule has 0 atom stereocenters. The molecule has 0 aromatic carbocycles. The topological polar surface area (TPSA) is 81.3 Å². The van der Waals surface area contributed by atoms with E-state index in [2.05, 4.69) is 14.9 Å². The number of nitrogens with one attached hydrogen (secondary N) is 1. The molecule has 0 bridgehead atoms. The fraction of sp³-hybridized carbons (Fsp3) is 0.111. The highest BCUT2D eigenvalue weighted by Gasteiger charge is 2.22. The highest BCUT2D eigenvalue weighted by atomic mass is 32.1. The van der Waals surface area contributed by atoms with Crippen LogP contribution >= 0.6 is 23.1 Å². The number of hydrazone groups is 1. The maximum atomic E-state index is 11.6. The van der Waals surface area contributed by atoms with Gasteiger partial charge >= 0.3 is 5.91 Å². The van der Waals surface area contributed by atoms with Gasteiger partial charge in [0.05, 0.1) is 6.21 Å². The minimum atomic E-state index is -0.485. The summed E-state index contributed by atoms with van der Waals surface area (Å²) >= 11 is 2.20. The average molecular weight is 268 g/mol. The van der Waals surface area contributed by atoms with E-state index in [4.69, 9.17) is 0 Å². The summed E-state index contributed by atoms with van der Waals surface area (Å²) in [4.78, 5) is 12.5. The molecule has 0 aliphatic heterocycles. The molecule has 0 radical (unpaired) electrons. The Morgan fingerprint density at radius 1 is 1.71 bits per heavy atom. The molecule has 0 saturated carbocycles. The Hall–Kier alpha value is -1.80. The largest absolute Gasteiger partial charge is 0.700 e. The van der Waals surface area contributed by atoms with Crippen molar-refractivity contribution in [2.45, 2.75) is 6.92 Å². The molecule has 0 spiro atoms. The first-order chi connectivity index (χ1) is 8.18. The van der Waals surface area contributed by atoms with Crippen LogP contribution in [0, 0.1) is 12.1 Å². The van der Waals surface area contributed by atoms with E-state index in [9.17, 15) is 10.0 Å². The number of hydrogen-bond acceptors (Lipinski definition) is 6. The molecule has 8 heteroatoms. The van der Waals surface area contributed by atoms with Crippen molar-refractivity contribution in [2.24, 2.45) is 5.10 Å². The van der Waals surface area contributed by atoms with Gasteiger partial charge in [-0.05, 0) is 11.4 Å². The standard InChI is InChI=1S/C9H8N4O2S2/c1-6-8(12-17-13(6)15)9(14)11-10-5-7-3-2-4-16-7/h2-5H,1H3,(H,11,14)/b10-5+. The summed E-state index contributed by atoms with van der Waals surface area (Å²) in [6.07, 6.45) is 1.54. The lowest BCUT2D eigenvalue weighted by atomic mass is 10.3. The van der Waals surface area contributed by atoms with E-state index in [0.29, 0.717) is 15.8 Å². The fourth-order valence-electron chi connectivity index (χ4n) is 1.07. The van der Waals surface area contributed by atoms with Gasteiger partial charge in [-0.2, -0.15) is 9.22 Å². The molecule has 17 heavy (non-hydrogen) atoms. The quantitative estimate of drug-likeness (QED) is 0.389. The SMILES string of the molecule is Cc1c(C(=O)N/N=C/c2cccs2)ns[n+]1[O-]. The number of hydrogen-bond donors (Lipinski definition) is 1. The number of rotatable bonds is 3. The van der Waals surface area contributed by atoms with Gasteiger partial charge in [-0.25, -0.2) is 5.43 Å². The Bertz CT molecular complexity index is 547. The molecule has 1 amide bonds. The smallest absolute Gasteiger partial charge is 0.321 e. The first-order valence-electron chi connectivity index (χ1n) is 4.61. The minimum Gasteiger partial charge on any atom is -0.700 e. The van der Waals surface area contributed by atoms with Crippen molar-refractivity contribution in [1.82, 2.24) is 9.80 Å². The second kappa shape index (κ2) is 5.02. The van der Waals surface area contributed by atoms with Crippen LogP contribution in [-0.4, -0.2) is 16.5 Å². The van der Waals surface area contributed by atoms with Crippen molar-refractivity contribution in [1.29, 1.82) is 0 Å². The molecule has 0 saturated heterocycles. The molecule has 0 aliphatic rings. The number of carbonyl (C=O) groups is 1. The van der Waals surface area contributed by atoms with Gasteiger partial charge in [0.1, 0.15) is 0 Å². The van der Waals surface area contributed by atoms with Gasteiger partial charge in [-0.3, -0.25) is 4.79 Å². The molecule has 2 aromatic heterocycles. The molecule has 88 valence electrons. The molecular formula is C9H8N4O2S2. The lowest BCUT2D eigenvalue weighted by Crippen LogP contribution is -2.26. The van der Waals surface area contributed by atoms with Crippen LogP contribution < -0.4 is 9.55 Å². The Kier molecular flexibility index (Phi) is 3.45. The zero-order valence-electron chi connectivity index (χ0n) is 8.78. The maximum Gasteiger partial charge on any atom is 0.321 e. The third-order valence-corrected chi connectivity index (χ3v) is 3.43. The first-order valence-corrected chi connectivity index (χ1v) is 6.22. The van der Waals surface area contributed by atoms with Crippen LogP contribution in [0.1, 0.15) is 21.1 Å². The van der Waals surface area contributed by atoms with Crippen molar-refractivity contribution < 1.29 is 8.91 Å². The van der Waals surface area contributed by atoms with Gasteiger partial charge in [0.2, 0.25) is 0 Å². The third-order valence-electron chi connectivity index (χ3n) is 1.94. The van der Waals surface area contributed by atoms with Gasteiger partial charge < -0.3 is 5.21 Å². The first kappa shape index (κ1) is 11.7. The molecule has 2 aromatic rings. The van der Waals surface area contributed by atoms with Crippen LogP contribution in [-0.2, 0) is 0 Å². The highest BCUT2D eigenvalue weighted by molar-refractivity contribution is 7.11. The van der Waals surface area contributed by atoms with Crippen molar-refractivity contribution in [3.8, 4) is 0 Å². The van der Waals surface area contributed by atoms with Crippen molar-refractivity contribution in [3.63, 3.8) is 0 Å². The Morgan fingerprint density at radius 3 is 3.12 bits per heavy atom. The summed E-state index contributed by atoms with van der Waals surface area (Å²) < 4.78 is 4.32. The summed E-state index contributed by atoms with van der Waals surface area (Å²) in [7, 11) is 0. The van der Waals surface area contributed by atoms with Gasteiger partial charge in [0.25, 0.3) is 17.4 Å². The van der Waals surface area contributed by atoms with E-state index in [1.807, 2.05) is 17.5 Å².